The largest absolute Gasteiger partial charge is 0.320 e. The third-order valence-corrected chi connectivity index (χ3v) is 9.16. The van der Waals surface area contributed by atoms with Crippen LogP contribution in [0.5, 0.6) is 0 Å². The van der Waals surface area contributed by atoms with Crippen LogP contribution in [0.25, 0.3) is 60.1 Å². The fourth-order valence-corrected chi connectivity index (χ4v) is 7.07. The van der Waals surface area contributed by atoms with Gasteiger partial charge in [-0.3, -0.25) is 10.1 Å². The van der Waals surface area contributed by atoms with Crippen LogP contribution in [0.4, 0.5) is 5.69 Å². The first-order valence-electron chi connectivity index (χ1n) is 15.4. The second-order valence-corrected chi connectivity index (χ2v) is 11.7. The highest BCUT2D eigenvalue weighted by Crippen LogP contribution is 2.37. The summed E-state index contributed by atoms with van der Waals surface area (Å²) in [5, 5.41) is 7.40. The van der Waals surface area contributed by atoms with Crippen molar-refractivity contribution in [2.45, 2.75) is 6.04 Å². The molecule has 4 nitrogen and oxygen atoms in total. The Labute approximate surface area is 260 Å². The Bertz CT molecular complexity index is 2540. The van der Waals surface area contributed by atoms with E-state index in [1.54, 1.807) is 0 Å². The lowest BCUT2D eigenvalue weighted by Gasteiger charge is -2.20. The Morgan fingerprint density at radius 2 is 1.16 bits per heavy atom. The summed E-state index contributed by atoms with van der Waals surface area (Å²) >= 11 is 0. The highest BCUT2D eigenvalue weighted by molar-refractivity contribution is 6.20. The van der Waals surface area contributed by atoms with Gasteiger partial charge in [0, 0.05) is 27.2 Å². The predicted octanol–water partition coefficient (Wildman–Crippen LogP) is 9.97. The van der Waals surface area contributed by atoms with Gasteiger partial charge >= 0.3 is 0 Å². The molecule has 2 heterocycles. The molecule has 0 aliphatic carbocycles. The molecule has 0 fully saturated rings. The molecule has 0 spiro atoms. The Balaban J connectivity index is 1.19. The van der Waals surface area contributed by atoms with Crippen molar-refractivity contribution in [3.63, 3.8) is 0 Å². The summed E-state index contributed by atoms with van der Waals surface area (Å²) in [6.45, 7) is 0. The summed E-state index contributed by atoms with van der Waals surface area (Å²) in [5.41, 5.74) is 19.7. The van der Waals surface area contributed by atoms with Crippen molar-refractivity contribution >= 4 is 60.1 Å². The molecule has 9 rings (SSSR count). The molecule has 0 aliphatic heterocycles. The van der Waals surface area contributed by atoms with Gasteiger partial charge in [-0.1, -0.05) is 115 Å². The molecule has 0 radical (unpaired) electrons. The normalized spacial score (nSPS) is 12.5. The average molecular weight is 579 g/mol. The van der Waals surface area contributed by atoms with Crippen LogP contribution in [0.15, 0.2) is 158 Å². The zero-order valence-corrected chi connectivity index (χ0v) is 24.6. The number of aromatic nitrogens is 2. The lowest BCUT2D eigenvalue weighted by Crippen LogP contribution is -2.17. The smallest absolute Gasteiger partial charge is 0.0716 e. The fraction of sp³-hybridized carbons (Fsp3) is 0.0244. The van der Waals surface area contributed by atoms with Gasteiger partial charge in [0.1, 0.15) is 0 Å². The standard InChI is InChI=1S/C41H30N4/c42-41(28-22-24-32-31-16-7-10-20-36(31)44(39(32)26-28)29-13-2-1-3-14-29)33-17-6-9-19-35(33)43-45-37-21-11-8-18-34(37)40-30-15-5-4-12-27(30)23-25-38(40)45/h1-26,41,43H,42H2. The average Bonchev–Trinajstić information content (AvgIpc) is 3.61. The summed E-state index contributed by atoms with van der Waals surface area (Å²) < 4.78 is 4.55. The quantitative estimate of drug-likeness (QED) is 0.213. The van der Waals surface area contributed by atoms with Gasteiger partial charge in [-0.2, -0.15) is 0 Å². The van der Waals surface area contributed by atoms with Gasteiger partial charge in [0.25, 0.3) is 0 Å². The minimum atomic E-state index is -0.339. The Morgan fingerprint density at radius 1 is 0.489 bits per heavy atom. The first-order valence-corrected chi connectivity index (χ1v) is 15.4. The van der Waals surface area contributed by atoms with Crippen LogP contribution in [0, 0.1) is 0 Å². The highest BCUT2D eigenvalue weighted by Gasteiger charge is 2.19. The van der Waals surface area contributed by atoms with Crippen LogP contribution in [-0.2, 0) is 0 Å². The van der Waals surface area contributed by atoms with Crippen LogP contribution in [0.2, 0.25) is 0 Å². The van der Waals surface area contributed by atoms with E-state index in [9.17, 15) is 0 Å². The summed E-state index contributed by atoms with van der Waals surface area (Å²) in [7, 11) is 0. The van der Waals surface area contributed by atoms with Crippen molar-refractivity contribution in [1.82, 2.24) is 9.24 Å². The molecule has 4 heteroatoms. The molecule has 0 aliphatic rings. The van der Waals surface area contributed by atoms with Crippen molar-refractivity contribution < 1.29 is 0 Å². The van der Waals surface area contributed by atoms with E-state index in [0.29, 0.717) is 0 Å². The summed E-state index contributed by atoms with van der Waals surface area (Å²) in [6.07, 6.45) is 0. The van der Waals surface area contributed by atoms with Crippen LogP contribution >= 0.6 is 0 Å². The number of nitrogens with one attached hydrogen (secondary N) is 1. The SMILES string of the molecule is NC(c1ccc2c3ccccc3n(-c3ccccc3)c2c1)c1ccccc1Nn1c2ccccc2c2c3ccccc3ccc21. The van der Waals surface area contributed by atoms with Crippen molar-refractivity contribution in [2.24, 2.45) is 5.73 Å². The number of fused-ring (bicyclic) bond motifs is 8. The second-order valence-electron chi connectivity index (χ2n) is 11.7. The molecule has 2 aromatic heterocycles. The maximum absolute atomic E-state index is 7.16. The number of anilines is 1. The summed E-state index contributed by atoms with van der Waals surface area (Å²) in [5.74, 6) is 0. The maximum Gasteiger partial charge on any atom is 0.0716 e. The molecule has 0 saturated carbocycles. The van der Waals surface area contributed by atoms with Crippen LogP contribution in [0.3, 0.4) is 0 Å². The van der Waals surface area contributed by atoms with Gasteiger partial charge in [0.2, 0.25) is 0 Å². The molecular formula is C41H30N4. The molecule has 1 unspecified atom stereocenters. The lowest BCUT2D eigenvalue weighted by atomic mass is 9.97. The molecule has 1 atom stereocenters. The third kappa shape index (κ3) is 3.97. The monoisotopic (exact) mass is 578 g/mol. The number of rotatable bonds is 5. The minimum absolute atomic E-state index is 0.339. The number of hydrogen-bond acceptors (Lipinski definition) is 2. The molecule has 45 heavy (non-hydrogen) atoms. The van der Waals surface area contributed by atoms with E-state index >= 15 is 0 Å². The van der Waals surface area contributed by atoms with E-state index in [2.05, 4.69) is 172 Å². The summed E-state index contributed by atoms with van der Waals surface area (Å²) in [6, 6.07) is 55.5. The molecule has 9 aromatic rings. The molecule has 0 amide bonds. The fourth-order valence-electron chi connectivity index (χ4n) is 7.07. The third-order valence-electron chi connectivity index (χ3n) is 9.16. The van der Waals surface area contributed by atoms with E-state index < -0.39 is 0 Å². The first-order chi connectivity index (χ1) is 22.3. The van der Waals surface area contributed by atoms with E-state index in [4.69, 9.17) is 5.73 Å². The number of benzene rings is 7. The molecule has 0 saturated heterocycles. The van der Waals surface area contributed by atoms with Crippen molar-refractivity contribution in [3.8, 4) is 5.69 Å². The van der Waals surface area contributed by atoms with E-state index in [0.717, 1.165) is 39.1 Å². The zero-order valence-electron chi connectivity index (χ0n) is 24.6. The molecular weight excluding hydrogens is 548 g/mol. The number of nitrogens with two attached hydrogens (primary N) is 1. The second kappa shape index (κ2) is 10.1. The van der Waals surface area contributed by atoms with Gasteiger partial charge in [-0.05, 0) is 64.4 Å². The van der Waals surface area contributed by atoms with Gasteiger partial charge in [-0.25, -0.2) is 0 Å². The maximum atomic E-state index is 7.16. The van der Waals surface area contributed by atoms with Gasteiger partial charge < -0.3 is 10.3 Å². The van der Waals surface area contributed by atoms with Gasteiger partial charge in [0.15, 0.2) is 0 Å². The minimum Gasteiger partial charge on any atom is -0.320 e. The van der Waals surface area contributed by atoms with Crippen LogP contribution in [0.1, 0.15) is 17.2 Å². The van der Waals surface area contributed by atoms with Crippen LogP contribution < -0.4 is 11.2 Å². The highest BCUT2D eigenvalue weighted by atomic mass is 15.4. The molecule has 0 bridgehead atoms. The number of hydrogen-bond donors (Lipinski definition) is 2. The van der Waals surface area contributed by atoms with Crippen molar-refractivity contribution in [1.29, 1.82) is 0 Å². The summed E-state index contributed by atoms with van der Waals surface area (Å²) in [4.78, 5) is 0. The first kappa shape index (κ1) is 25.6. The molecule has 3 N–H and O–H groups in total. The molecule has 7 aromatic carbocycles. The Hall–Kier alpha value is -5.84. The number of para-hydroxylation sites is 4. The van der Waals surface area contributed by atoms with Gasteiger partial charge in [-0.15, -0.1) is 0 Å². The van der Waals surface area contributed by atoms with Crippen LogP contribution in [-0.4, -0.2) is 9.24 Å². The Kier molecular flexibility index (Phi) is 5.77. The van der Waals surface area contributed by atoms with Crippen molar-refractivity contribution in [3.05, 3.63) is 169 Å². The Morgan fingerprint density at radius 3 is 2.02 bits per heavy atom. The molecule has 214 valence electrons. The topological polar surface area (TPSA) is 47.9 Å². The van der Waals surface area contributed by atoms with Crippen molar-refractivity contribution in [2.75, 3.05) is 5.43 Å². The van der Waals surface area contributed by atoms with E-state index in [1.807, 2.05) is 0 Å². The van der Waals surface area contributed by atoms with E-state index in [-0.39, 0.29) is 6.04 Å². The lowest BCUT2D eigenvalue weighted by molar-refractivity contribution is 0.867. The number of nitrogens with zero attached hydrogens (tertiary/aromatic N) is 2. The zero-order chi connectivity index (χ0) is 29.9. The van der Waals surface area contributed by atoms with Gasteiger partial charge in [0.05, 0.1) is 33.8 Å². The predicted molar refractivity (Wildman–Crippen MR) is 189 cm³/mol. The van der Waals surface area contributed by atoms with E-state index in [1.165, 1.54) is 37.8 Å².